The molecular formula is C36H59BN2O5. The van der Waals surface area contributed by atoms with Gasteiger partial charge in [-0.3, -0.25) is 0 Å². The molecule has 0 fully saturated rings. The summed E-state index contributed by atoms with van der Waals surface area (Å²) in [4.78, 5) is 0. The Bertz CT molecular complexity index is 1010. The van der Waals surface area contributed by atoms with E-state index in [1.165, 1.54) is 62.5 Å². The highest BCUT2D eigenvalue weighted by molar-refractivity contribution is 6.45. The maximum atomic E-state index is 10.0. The second-order valence-electron chi connectivity index (χ2n) is 11.5. The van der Waals surface area contributed by atoms with Crippen LogP contribution in [0.1, 0.15) is 87.5 Å². The first-order chi connectivity index (χ1) is 21.3. The van der Waals surface area contributed by atoms with Crippen molar-refractivity contribution in [3.05, 3.63) is 82.9 Å². The Hall–Kier alpha value is -2.30. The molecule has 4 atom stereocenters. The van der Waals surface area contributed by atoms with E-state index in [2.05, 4.69) is 60.8 Å². The van der Waals surface area contributed by atoms with Gasteiger partial charge in [-0.05, 0) is 61.8 Å². The van der Waals surface area contributed by atoms with Gasteiger partial charge in [0.1, 0.15) is 0 Å². The lowest BCUT2D eigenvalue weighted by molar-refractivity contribution is 0.128. The fourth-order valence-electron chi connectivity index (χ4n) is 4.73. The summed E-state index contributed by atoms with van der Waals surface area (Å²) < 4.78 is 0. The van der Waals surface area contributed by atoms with Gasteiger partial charge >= 0.3 is 7.05 Å². The summed E-state index contributed by atoms with van der Waals surface area (Å²) in [5.74, 6) is 0. The Labute approximate surface area is 267 Å². The number of hydrogen-bond acceptors (Lipinski definition) is 7. The molecule has 0 aromatic heterocycles. The number of unbranched alkanes of at least 4 members (excludes halogenated alkanes) is 6. The topological polar surface area (TPSA) is 125 Å². The third-order valence-corrected chi connectivity index (χ3v) is 7.61. The summed E-state index contributed by atoms with van der Waals surface area (Å²) in [5, 5.41) is 53.1. The van der Waals surface area contributed by atoms with Crippen LogP contribution in [-0.2, 0) is 12.8 Å². The van der Waals surface area contributed by atoms with Crippen molar-refractivity contribution in [1.29, 1.82) is 0 Å². The Morgan fingerprint density at radius 1 is 0.659 bits per heavy atom. The van der Waals surface area contributed by atoms with Crippen molar-refractivity contribution >= 4 is 19.2 Å². The molecule has 0 amide bonds. The molecule has 7 nitrogen and oxygen atoms in total. The molecule has 0 aliphatic heterocycles. The second kappa shape index (κ2) is 25.0. The minimum atomic E-state index is -0.858. The van der Waals surface area contributed by atoms with E-state index in [1.807, 2.05) is 24.3 Å². The van der Waals surface area contributed by atoms with E-state index in [-0.39, 0.29) is 19.3 Å². The van der Waals surface area contributed by atoms with Crippen LogP contribution in [0.3, 0.4) is 0 Å². The van der Waals surface area contributed by atoms with Crippen molar-refractivity contribution in [3.8, 4) is 0 Å². The smallest absolute Gasteiger partial charge is 0.374 e. The number of hydrogen-bond donors (Lipinski definition) is 7. The Balaban J connectivity index is 0.000000442. The lowest BCUT2D eigenvalue weighted by Crippen LogP contribution is -2.48. The summed E-state index contributed by atoms with van der Waals surface area (Å²) >= 11 is 0. The Morgan fingerprint density at radius 2 is 1.07 bits per heavy atom. The summed E-state index contributed by atoms with van der Waals surface area (Å²) in [7, 11) is 0.952. The van der Waals surface area contributed by atoms with Crippen molar-refractivity contribution in [2.45, 2.75) is 109 Å². The van der Waals surface area contributed by atoms with Crippen molar-refractivity contribution in [2.24, 2.45) is 0 Å². The molecule has 246 valence electrons. The molecule has 8 heteroatoms. The minimum Gasteiger partial charge on any atom is -0.437 e. The fraction of sp³-hybridized carbons (Fsp3) is 0.556. The third kappa shape index (κ3) is 17.9. The van der Waals surface area contributed by atoms with E-state index >= 15 is 0 Å². The maximum Gasteiger partial charge on any atom is 0.374 e. The van der Waals surface area contributed by atoms with E-state index in [0.717, 1.165) is 24.0 Å². The molecule has 0 bridgehead atoms. The number of likely N-dealkylation sites (N-methyl/N-ethyl adjacent to an activating group) is 1. The van der Waals surface area contributed by atoms with Crippen LogP contribution in [0, 0.1) is 0 Å². The normalized spacial score (nSPS) is 14.3. The molecule has 0 unspecified atom stereocenters. The van der Waals surface area contributed by atoms with Crippen molar-refractivity contribution in [3.63, 3.8) is 0 Å². The van der Waals surface area contributed by atoms with E-state index in [4.69, 9.17) is 5.11 Å². The van der Waals surface area contributed by atoms with Crippen LogP contribution in [0.5, 0.6) is 0 Å². The maximum absolute atomic E-state index is 10.0. The van der Waals surface area contributed by atoms with Gasteiger partial charge in [-0.25, -0.2) is 0 Å². The molecule has 7 N–H and O–H groups in total. The Morgan fingerprint density at radius 3 is 1.41 bits per heavy atom. The van der Waals surface area contributed by atoms with E-state index in [0.29, 0.717) is 0 Å². The first-order valence-electron chi connectivity index (χ1n) is 16.5. The molecule has 0 aliphatic carbocycles. The highest BCUT2D eigenvalue weighted by Crippen LogP contribution is 2.13. The third-order valence-electron chi connectivity index (χ3n) is 7.61. The van der Waals surface area contributed by atoms with E-state index in [1.54, 1.807) is 26.0 Å². The fourth-order valence-corrected chi connectivity index (χ4v) is 4.73. The zero-order chi connectivity index (χ0) is 32.6. The molecule has 0 saturated heterocycles. The monoisotopic (exact) mass is 610 g/mol. The molecule has 2 aromatic rings. The lowest BCUT2D eigenvalue weighted by Gasteiger charge is -2.20. The molecule has 2 rings (SSSR count). The first kappa shape index (κ1) is 39.7. The van der Waals surface area contributed by atoms with Crippen molar-refractivity contribution in [1.82, 2.24) is 10.5 Å². The van der Waals surface area contributed by atoms with Gasteiger partial charge in [0.05, 0.1) is 37.5 Å². The number of benzene rings is 2. The first-order valence-corrected chi connectivity index (χ1v) is 16.5. The molecule has 0 saturated carbocycles. The molecule has 0 heterocycles. The van der Waals surface area contributed by atoms with Crippen LogP contribution in [0.2, 0.25) is 6.82 Å². The number of aryl methyl sites for hydroxylation is 2. The predicted octanol–water partition coefficient (Wildman–Crippen LogP) is 5.01. The van der Waals surface area contributed by atoms with Gasteiger partial charge < -0.3 is 36.0 Å². The number of rotatable bonds is 21. The molecule has 44 heavy (non-hydrogen) atoms. The van der Waals surface area contributed by atoms with Gasteiger partial charge in [-0.1, -0.05) is 125 Å². The van der Waals surface area contributed by atoms with Crippen molar-refractivity contribution < 1.29 is 25.5 Å². The average molecular weight is 611 g/mol. The molecular weight excluding hydrogens is 551 g/mol. The number of aliphatic hydroxyl groups is 4. The summed E-state index contributed by atoms with van der Waals surface area (Å²) in [6, 6.07) is 15.9. The molecule has 0 aliphatic rings. The highest BCUT2D eigenvalue weighted by atomic mass is 16.3. The number of aliphatic hydroxyl groups excluding tert-OH is 4. The zero-order valence-corrected chi connectivity index (χ0v) is 27.5. The van der Waals surface area contributed by atoms with Crippen LogP contribution < -0.4 is 10.5 Å². The van der Waals surface area contributed by atoms with Gasteiger partial charge in [0.25, 0.3) is 0 Å². The quantitative estimate of drug-likeness (QED) is 0.0783. The number of nitrogens with one attached hydrogen (secondary N) is 2. The molecule has 0 radical (unpaired) electrons. The van der Waals surface area contributed by atoms with Crippen LogP contribution in [0.25, 0.3) is 12.2 Å². The van der Waals surface area contributed by atoms with Gasteiger partial charge in [-0.15, -0.1) is 0 Å². The minimum absolute atomic E-state index is 0.0846. The summed E-state index contributed by atoms with van der Waals surface area (Å²) in [6.07, 6.45) is 18.0. The van der Waals surface area contributed by atoms with Gasteiger partial charge in [0.15, 0.2) is 0 Å². The molecule has 2 aromatic carbocycles. The second-order valence-corrected chi connectivity index (χ2v) is 11.5. The van der Waals surface area contributed by atoms with Gasteiger partial charge in [0, 0.05) is 0 Å². The molecule has 0 spiro atoms. The zero-order valence-electron chi connectivity index (χ0n) is 27.5. The highest BCUT2D eigenvalue weighted by Gasteiger charge is 2.18. The standard InChI is InChI=1S/C18H30BNO3.C18H29NO2/c1-3-4-5-6-7-15-8-10-16(11-9-15)12-13-18(22)17(14-21)20-19(2)23;1-3-4-5-6-7-15-8-10-16(11-9-15)12-13-18(21)17(14-20)19-2/h8-13,17-18,20-23H,3-7,14H2,1-2H3;8-13,17-21H,3-7,14H2,1-2H3/b2*13-12+/t2*17-,18+/m11/s1. The van der Waals surface area contributed by atoms with Gasteiger partial charge in [-0.2, -0.15) is 0 Å². The van der Waals surface area contributed by atoms with Crippen molar-refractivity contribution in [2.75, 3.05) is 20.3 Å². The summed E-state index contributed by atoms with van der Waals surface area (Å²) in [6.45, 7) is 5.67. The predicted molar refractivity (Wildman–Crippen MR) is 186 cm³/mol. The Kier molecular flexibility index (Phi) is 22.5. The summed E-state index contributed by atoms with van der Waals surface area (Å²) in [5.41, 5.74) is 4.78. The van der Waals surface area contributed by atoms with E-state index in [9.17, 15) is 20.3 Å². The van der Waals surface area contributed by atoms with Crippen LogP contribution >= 0.6 is 0 Å². The SMILES string of the molecule is CCCCCCc1ccc(/C=C/[C@H](O)[C@@H](CO)NB(C)O)cc1.CCCCCCc1ccc(/C=C/[C@H](O)[C@@H](CO)NC)cc1. The van der Waals surface area contributed by atoms with Crippen LogP contribution in [0.4, 0.5) is 0 Å². The van der Waals surface area contributed by atoms with Crippen LogP contribution in [-0.4, -0.2) is 77.1 Å². The van der Waals surface area contributed by atoms with Gasteiger partial charge in [0.2, 0.25) is 0 Å². The lowest BCUT2D eigenvalue weighted by atomic mass is 9.86. The van der Waals surface area contributed by atoms with E-state index < -0.39 is 25.3 Å². The largest absolute Gasteiger partial charge is 0.437 e. The van der Waals surface area contributed by atoms with Crippen LogP contribution in [0.15, 0.2) is 60.7 Å². The average Bonchev–Trinajstić information content (AvgIpc) is 3.03.